The molecule has 7 heteroatoms. The number of fused-ring (bicyclic) bond motifs is 1. The quantitative estimate of drug-likeness (QED) is 0.341. The number of benzene rings is 2. The summed E-state index contributed by atoms with van der Waals surface area (Å²) in [7, 11) is 0. The molecule has 5 aromatic rings. The first-order valence-electron chi connectivity index (χ1n) is 8.55. The van der Waals surface area contributed by atoms with Crippen molar-refractivity contribution in [3.63, 3.8) is 0 Å². The number of aromatic nitrogens is 3. The van der Waals surface area contributed by atoms with Gasteiger partial charge in [0.25, 0.3) is 5.89 Å². The van der Waals surface area contributed by atoms with Crippen LogP contribution in [0.3, 0.4) is 0 Å². The fourth-order valence-corrected chi connectivity index (χ4v) is 4.42. The number of para-hydroxylation sites is 1. The summed E-state index contributed by atoms with van der Waals surface area (Å²) < 4.78 is 21.5. The zero-order chi connectivity index (χ0) is 19.3. The Morgan fingerprint density at radius 1 is 1.18 bits per heavy atom. The van der Waals surface area contributed by atoms with Gasteiger partial charge in [0.05, 0.1) is 22.4 Å². The molecule has 0 fully saturated rings. The van der Waals surface area contributed by atoms with Gasteiger partial charge in [-0.25, -0.2) is 14.4 Å². The number of hydrogen-bond acceptors (Lipinski definition) is 4. The highest BCUT2D eigenvalue weighted by Crippen LogP contribution is 2.35. The van der Waals surface area contributed by atoms with Gasteiger partial charge in [0.15, 0.2) is 5.01 Å². The summed E-state index contributed by atoms with van der Waals surface area (Å²) in [6.45, 7) is 2.02. The summed E-state index contributed by atoms with van der Waals surface area (Å²) >= 11 is 7.78. The number of rotatable bonds is 3. The smallest absolute Gasteiger partial charge is 0.255 e. The van der Waals surface area contributed by atoms with Gasteiger partial charge >= 0.3 is 0 Å². The molecular weight excluding hydrogens is 397 g/mol. The van der Waals surface area contributed by atoms with Crippen molar-refractivity contribution in [2.24, 2.45) is 0 Å². The highest BCUT2D eigenvalue weighted by molar-refractivity contribution is 7.15. The third kappa shape index (κ3) is 2.73. The average Bonchev–Trinajstić information content (AvgIpc) is 3.41. The molecule has 0 radical (unpaired) electrons. The summed E-state index contributed by atoms with van der Waals surface area (Å²) in [6, 6.07) is 12.6. The fraction of sp³-hybridized carbons (Fsp3) is 0.0476. The Kier molecular flexibility index (Phi) is 4.03. The highest BCUT2D eigenvalue weighted by atomic mass is 35.5. The lowest BCUT2D eigenvalue weighted by Gasteiger charge is -2.09. The summed E-state index contributed by atoms with van der Waals surface area (Å²) in [5, 5.41) is 2.09. The van der Waals surface area contributed by atoms with Gasteiger partial charge in [0.1, 0.15) is 17.8 Å². The lowest BCUT2D eigenvalue weighted by molar-refractivity contribution is 0.574. The van der Waals surface area contributed by atoms with Crippen LogP contribution in [-0.2, 0) is 0 Å². The predicted molar refractivity (Wildman–Crippen MR) is 110 cm³/mol. The molecule has 0 aliphatic rings. The number of thiazole rings is 1. The van der Waals surface area contributed by atoms with Crippen LogP contribution < -0.4 is 0 Å². The first kappa shape index (κ1) is 17.2. The van der Waals surface area contributed by atoms with Crippen molar-refractivity contribution in [3.8, 4) is 27.8 Å². The van der Waals surface area contributed by atoms with Crippen molar-refractivity contribution in [1.82, 2.24) is 14.5 Å². The van der Waals surface area contributed by atoms with E-state index in [1.807, 2.05) is 37.4 Å². The van der Waals surface area contributed by atoms with Gasteiger partial charge in [-0.2, -0.15) is 0 Å². The summed E-state index contributed by atoms with van der Waals surface area (Å²) in [4.78, 5) is 9.94. The second-order valence-electron chi connectivity index (χ2n) is 6.29. The monoisotopic (exact) mass is 409 g/mol. The van der Waals surface area contributed by atoms with Crippen molar-refractivity contribution in [1.29, 1.82) is 0 Å². The van der Waals surface area contributed by atoms with E-state index in [2.05, 4.69) is 4.98 Å². The Labute approximate surface area is 168 Å². The van der Waals surface area contributed by atoms with Crippen LogP contribution in [0.1, 0.15) is 4.88 Å². The van der Waals surface area contributed by atoms with E-state index in [0.29, 0.717) is 16.6 Å². The molecule has 2 aromatic carbocycles. The molecule has 4 nitrogen and oxygen atoms in total. The second-order valence-corrected chi connectivity index (χ2v) is 7.90. The molecule has 0 unspecified atom stereocenters. The molecule has 3 aromatic heterocycles. The van der Waals surface area contributed by atoms with E-state index < -0.39 is 0 Å². The van der Waals surface area contributed by atoms with Crippen molar-refractivity contribution < 1.29 is 8.81 Å². The minimum absolute atomic E-state index is 0.350. The van der Waals surface area contributed by atoms with Gasteiger partial charge in [0.2, 0.25) is 0 Å². The summed E-state index contributed by atoms with van der Waals surface area (Å²) in [5.74, 6) is 0.154. The van der Waals surface area contributed by atoms with Crippen molar-refractivity contribution in [3.05, 3.63) is 76.8 Å². The van der Waals surface area contributed by atoms with Crippen LogP contribution in [0.15, 0.2) is 65.5 Å². The minimum Gasteiger partial charge on any atom is -0.443 e. The number of aryl methyl sites for hydroxylation is 1. The Balaban J connectivity index is 1.61. The maximum atomic E-state index is 14.3. The molecule has 0 atom stereocenters. The molecule has 5 rings (SSSR count). The largest absolute Gasteiger partial charge is 0.443 e. The van der Waals surface area contributed by atoms with Gasteiger partial charge in [-0.3, -0.25) is 0 Å². The molecule has 28 heavy (non-hydrogen) atoms. The molecule has 0 aliphatic carbocycles. The Hall–Kier alpha value is -2.96. The summed E-state index contributed by atoms with van der Waals surface area (Å²) in [5.41, 5.74) is 3.09. The van der Waals surface area contributed by atoms with Crippen LogP contribution in [0.2, 0.25) is 5.02 Å². The van der Waals surface area contributed by atoms with Gasteiger partial charge < -0.3 is 8.98 Å². The SMILES string of the molecule is Cc1sc(-c2ncco2)nc1-c1ccc2c(ccn2-c2c(F)cccc2Cl)c1. The zero-order valence-corrected chi connectivity index (χ0v) is 16.3. The molecule has 0 N–H and O–H groups in total. The van der Waals surface area contributed by atoms with E-state index in [0.717, 1.165) is 32.0 Å². The van der Waals surface area contributed by atoms with Crippen LogP contribution in [0, 0.1) is 12.7 Å². The Morgan fingerprint density at radius 2 is 2.07 bits per heavy atom. The van der Waals surface area contributed by atoms with Crippen molar-refractivity contribution in [2.75, 3.05) is 0 Å². The van der Waals surface area contributed by atoms with Crippen molar-refractivity contribution >= 4 is 33.8 Å². The molecule has 138 valence electrons. The Morgan fingerprint density at radius 3 is 2.86 bits per heavy atom. The highest BCUT2D eigenvalue weighted by Gasteiger charge is 2.16. The average molecular weight is 410 g/mol. The van der Waals surface area contributed by atoms with Crippen LogP contribution >= 0.6 is 22.9 Å². The number of halogens is 2. The van der Waals surface area contributed by atoms with E-state index in [9.17, 15) is 4.39 Å². The molecule has 0 spiro atoms. The van der Waals surface area contributed by atoms with E-state index >= 15 is 0 Å². The van der Waals surface area contributed by atoms with E-state index in [-0.39, 0.29) is 5.82 Å². The van der Waals surface area contributed by atoms with Crippen LogP contribution in [-0.4, -0.2) is 14.5 Å². The van der Waals surface area contributed by atoms with Gasteiger partial charge in [-0.15, -0.1) is 11.3 Å². The standard InChI is InChI=1S/C21H13ClFN3OS/c1-12-18(25-21(28-12)20-24-8-10-27-20)14-5-6-17-13(11-14)7-9-26(17)19-15(22)3-2-4-16(19)23/h2-11H,1H3. The lowest BCUT2D eigenvalue weighted by atomic mass is 10.1. The molecule has 0 aliphatic heterocycles. The van der Waals surface area contributed by atoms with Gasteiger partial charge in [-0.05, 0) is 37.3 Å². The normalized spacial score (nSPS) is 11.4. The molecule has 0 amide bonds. The zero-order valence-electron chi connectivity index (χ0n) is 14.7. The van der Waals surface area contributed by atoms with E-state index in [1.165, 1.54) is 23.7 Å². The Bertz CT molecular complexity index is 1290. The second kappa shape index (κ2) is 6.58. The number of hydrogen-bond donors (Lipinski definition) is 0. The number of nitrogens with zero attached hydrogens (tertiary/aromatic N) is 3. The minimum atomic E-state index is -0.361. The van der Waals surface area contributed by atoms with Gasteiger partial charge in [-0.1, -0.05) is 23.7 Å². The van der Waals surface area contributed by atoms with E-state index in [1.54, 1.807) is 22.9 Å². The topological polar surface area (TPSA) is 43.9 Å². The van der Waals surface area contributed by atoms with Crippen molar-refractivity contribution in [2.45, 2.75) is 6.92 Å². The maximum Gasteiger partial charge on any atom is 0.255 e. The van der Waals surface area contributed by atoms with Crippen LogP contribution in [0.5, 0.6) is 0 Å². The van der Waals surface area contributed by atoms with Crippen LogP contribution in [0.4, 0.5) is 4.39 Å². The molecule has 0 saturated heterocycles. The summed E-state index contributed by atoms with van der Waals surface area (Å²) in [6.07, 6.45) is 4.97. The van der Waals surface area contributed by atoms with Crippen LogP contribution in [0.25, 0.3) is 38.7 Å². The fourth-order valence-electron chi connectivity index (χ4n) is 3.29. The van der Waals surface area contributed by atoms with E-state index in [4.69, 9.17) is 21.0 Å². The first-order chi connectivity index (χ1) is 13.6. The molecule has 3 heterocycles. The third-order valence-corrected chi connectivity index (χ3v) is 5.82. The predicted octanol–water partition coefficient (Wildman–Crippen LogP) is 6.51. The first-order valence-corrected chi connectivity index (χ1v) is 9.74. The number of oxazole rings is 1. The molecule has 0 bridgehead atoms. The molecule has 0 saturated carbocycles. The van der Waals surface area contributed by atoms with Gasteiger partial charge in [0, 0.05) is 22.0 Å². The lowest BCUT2D eigenvalue weighted by Crippen LogP contribution is -1.97. The maximum absolute atomic E-state index is 14.3. The molecular formula is C21H13ClFN3OS. The third-order valence-electron chi connectivity index (χ3n) is 4.55.